The molecule has 1 atom stereocenters. The zero-order chi connectivity index (χ0) is 16.4. The number of nitrogens with one attached hydrogen (secondary N) is 2. The largest absolute Gasteiger partial charge is 0.299 e. The van der Waals surface area contributed by atoms with Crippen LogP contribution in [-0.2, 0) is 0 Å². The molecule has 2 heteroatoms. The molecule has 2 saturated carbocycles. The Hall–Kier alpha value is -0.0800. The van der Waals surface area contributed by atoms with Gasteiger partial charge in [-0.2, -0.15) is 0 Å². The molecule has 0 aliphatic heterocycles. The smallest absolute Gasteiger partial charge is 0.0689 e. The summed E-state index contributed by atoms with van der Waals surface area (Å²) in [7, 11) is 0. The van der Waals surface area contributed by atoms with Crippen molar-refractivity contribution < 1.29 is 0 Å². The Balaban J connectivity index is 1.86. The van der Waals surface area contributed by atoms with Gasteiger partial charge in [-0.05, 0) is 63.5 Å². The van der Waals surface area contributed by atoms with Crippen molar-refractivity contribution in [3.8, 4) is 0 Å². The molecular formula is C21H42N2. The van der Waals surface area contributed by atoms with E-state index in [9.17, 15) is 0 Å². The average molecular weight is 323 g/mol. The van der Waals surface area contributed by atoms with E-state index in [-0.39, 0.29) is 5.66 Å². The van der Waals surface area contributed by atoms with Crippen molar-refractivity contribution in [2.75, 3.05) is 13.1 Å². The second-order valence-electron chi connectivity index (χ2n) is 8.34. The molecule has 2 rings (SSSR count). The minimum Gasteiger partial charge on any atom is -0.299 e. The first kappa shape index (κ1) is 19.2. The van der Waals surface area contributed by atoms with E-state index >= 15 is 0 Å². The van der Waals surface area contributed by atoms with Gasteiger partial charge in [0.1, 0.15) is 0 Å². The number of hydrogen-bond donors (Lipinski definition) is 2. The fourth-order valence-corrected chi connectivity index (χ4v) is 4.88. The van der Waals surface area contributed by atoms with Gasteiger partial charge in [-0.1, -0.05) is 65.2 Å². The van der Waals surface area contributed by atoms with Crippen LogP contribution in [0.4, 0.5) is 0 Å². The fraction of sp³-hybridized carbons (Fsp3) is 1.00. The Morgan fingerprint density at radius 3 is 2.00 bits per heavy atom. The normalized spacial score (nSPS) is 25.6. The Morgan fingerprint density at radius 1 is 0.783 bits per heavy atom. The van der Waals surface area contributed by atoms with Crippen LogP contribution >= 0.6 is 0 Å². The Bertz CT molecular complexity index is 286. The molecule has 0 bridgehead atoms. The summed E-state index contributed by atoms with van der Waals surface area (Å²) in [6.07, 6.45) is 19.8. The molecule has 0 aromatic carbocycles. The molecule has 2 aliphatic carbocycles. The Morgan fingerprint density at radius 2 is 1.39 bits per heavy atom. The van der Waals surface area contributed by atoms with Crippen LogP contribution in [0.3, 0.4) is 0 Å². The summed E-state index contributed by atoms with van der Waals surface area (Å²) in [5.74, 6) is 1.99. The SMILES string of the molecule is CCCCNC1(NCCCC)CCCC(CC2CCCCC2)C1. The van der Waals surface area contributed by atoms with Gasteiger partial charge >= 0.3 is 0 Å². The molecule has 0 radical (unpaired) electrons. The lowest BCUT2D eigenvalue weighted by Gasteiger charge is -2.44. The molecule has 0 aromatic rings. The van der Waals surface area contributed by atoms with Crippen LogP contribution in [0, 0.1) is 11.8 Å². The van der Waals surface area contributed by atoms with Crippen molar-refractivity contribution in [3.05, 3.63) is 0 Å². The van der Waals surface area contributed by atoms with E-state index < -0.39 is 0 Å². The topological polar surface area (TPSA) is 24.1 Å². The Kier molecular flexibility index (Phi) is 8.97. The van der Waals surface area contributed by atoms with E-state index in [2.05, 4.69) is 24.5 Å². The number of hydrogen-bond acceptors (Lipinski definition) is 2. The van der Waals surface area contributed by atoms with Gasteiger partial charge in [0, 0.05) is 0 Å². The highest BCUT2D eigenvalue weighted by Gasteiger charge is 2.36. The van der Waals surface area contributed by atoms with Gasteiger partial charge < -0.3 is 0 Å². The van der Waals surface area contributed by atoms with Crippen molar-refractivity contribution in [1.82, 2.24) is 10.6 Å². The highest BCUT2D eigenvalue weighted by Crippen LogP contribution is 2.38. The molecule has 2 aliphatic rings. The first-order valence-corrected chi connectivity index (χ1v) is 10.8. The van der Waals surface area contributed by atoms with Crippen LogP contribution in [0.25, 0.3) is 0 Å². The zero-order valence-electron chi connectivity index (χ0n) is 16.0. The van der Waals surface area contributed by atoms with Crippen LogP contribution in [-0.4, -0.2) is 18.8 Å². The van der Waals surface area contributed by atoms with E-state index in [4.69, 9.17) is 0 Å². The van der Waals surface area contributed by atoms with Crippen LogP contribution < -0.4 is 10.6 Å². The first-order chi connectivity index (χ1) is 11.3. The minimum atomic E-state index is 0.252. The molecular weight excluding hydrogens is 280 g/mol. The minimum absolute atomic E-state index is 0.252. The summed E-state index contributed by atoms with van der Waals surface area (Å²) in [5, 5.41) is 7.90. The lowest BCUT2D eigenvalue weighted by molar-refractivity contribution is 0.118. The highest BCUT2D eigenvalue weighted by molar-refractivity contribution is 4.92. The van der Waals surface area contributed by atoms with Crippen LogP contribution in [0.15, 0.2) is 0 Å². The van der Waals surface area contributed by atoms with E-state index in [0.717, 1.165) is 11.8 Å². The summed E-state index contributed by atoms with van der Waals surface area (Å²) >= 11 is 0. The van der Waals surface area contributed by atoms with Crippen molar-refractivity contribution in [3.63, 3.8) is 0 Å². The van der Waals surface area contributed by atoms with Gasteiger partial charge in [0.15, 0.2) is 0 Å². The third kappa shape index (κ3) is 6.74. The molecule has 136 valence electrons. The monoisotopic (exact) mass is 322 g/mol. The summed E-state index contributed by atoms with van der Waals surface area (Å²) in [5.41, 5.74) is 0.252. The van der Waals surface area contributed by atoms with Crippen molar-refractivity contribution in [2.24, 2.45) is 11.8 Å². The van der Waals surface area contributed by atoms with Gasteiger partial charge in [0.05, 0.1) is 5.66 Å². The molecule has 2 N–H and O–H groups in total. The lowest BCUT2D eigenvalue weighted by atomic mass is 9.74. The summed E-state index contributed by atoms with van der Waals surface area (Å²) in [6, 6.07) is 0. The molecule has 2 nitrogen and oxygen atoms in total. The van der Waals surface area contributed by atoms with Crippen molar-refractivity contribution in [2.45, 2.75) is 109 Å². The predicted octanol–water partition coefficient (Wildman–Crippen LogP) is 5.62. The first-order valence-electron chi connectivity index (χ1n) is 10.8. The standard InChI is InChI=1S/C21H42N2/c1-3-5-15-22-21(23-16-6-4-2)14-10-13-20(18-21)17-19-11-8-7-9-12-19/h19-20,22-23H,3-18H2,1-2H3. The van der Waals surface area contributed by atoms with E-state index in [1.54, 1.807) is 0 Å². The van der Waals surface area contributed by atoms with Gasteiger partial charge in [-0.15, -0.1) is 0 Å². The van der Waals surface area contributed by atoms with Crippen molar-refractivity contribution in [1.29, 1.82) is 0 Å². The van der Waals surface area contributed by atoms with Crippen LogP contribution in [0.5, 0.6) is 0 Å². The van der Waals surface area contributed by atoms with Crippen LogP contribution in [0.2, 0.25) is 0 Å². The quantitative estimate of drug-likeness (QED) is 0.403. The molecule has 2 fully saturated rings. The maximum atomic E-state index is 3.95. The van der Waals surface area contributed by atoms with Gasteiger partial charge in [-0.3, -0.25) is 10.6 Å². The Labute approximate surface area is 145 Å². The molecule has 23 heavy (non-hydrogen) atoms. The molecule has 0 saturated heterocycles. The second kappa shape index (κ2) is 10.7. The molecule has 1 unspecified atom stereocenters. The van der Waals surface area contributed by atoms with Crippen LogP contribution in [0.1, 0.15) is 104 Å². The van der Waals surface area contributed by atoms with Gasteiger partial charge in [-0.25, -0.2) is 0 Å². The number of unbranched alkanes of at least 4 members (excludes halogenated alkanes) is 2. The average Bonchev–Trinajstić information content (AvgIpc) is 2.57. The van der Waals surface area contributed by atoms with E-state index in [0.29, 0.717) is 0 Å². The second-order valence-corrected chi connectivity index (χ2v) is 8.34. The van der Waals surface area contributed by atoms with Gasteiger partial charge in [0.25, 0.3) is 0 Å². The molecule has 0 amide bonds. The maximum Gasteiger partial charge on any atom is 0.0689 e. The molecule has 0 spiro atoms. The van der Waals surface area contributed by atoms with Gasteiger partial charge in [0.2, 0.25) is 0 Å². The maximum absolute atomic E-state index is 3.95. The van der Waals surface area contributed by atoms with Crippen molar-refractivity contribution >= 4 is 0 Å². The van der Waals surface area contributed by atoms with E-state index in [1.165, 1.54) is 103 Å². The fourth-order valence-electron chi connectivity index (χ4n) is 4.88. The third-order valence-electron chi connectivity index (χ3n) is 6.23. The van der Waals surface area contributed by atoms with E-state index in [1.807, 2.05) is 0 Å². The summed E-state index contributed by atoms with van der Waals surface area (Å²) in [4.78, 5) is 0. The number of rotatable bonds is 10. The third-order valence-corrected chi connectivity index (χ3v) is 6.23. The highest BCUT2D eigenvalue weighted by atomic mass is 15.2. The lowest BCUT2D eigenvalue weighted by Crippen LogP contribution is -2.59. The zero-order valence-corrected chi connectivity index (χ0v) is 16.0. The summed E-state index contributed by atoms with van der Waals surface area (Å²) in [6.45, 7) is 6.97. The predicted molar refractivity (Wildman–Crippen MR) is 102 cm³/mol. The summed E-state index contributed by atoms with van der Waals surface area (Å²) < 4.78 is 0. The molecule has 0 heterocycles. The molecule has 0 aromatic heterocycles.